The topological polar surface area (TPSA) is 12.4 Å². The van der Waals surface area contributed by atoms with E-state index in [4.69, 9.17) is 0 Å². The summed E-state index contributed by atoms with van der Waals surface area (Å²) < 4.78 is 0. The van der Waals surface area contributed by atoms with Crippen LogP contribution in [0.3, 0.4) is 0 Å². The van der Waals surface area contributed by atoms with Crippen LogP contribution in [0.1, 0.15) is 5.56 Å². The second-order valence-electron chi connectivity index (χ2n) is 2.07. The smallest absolute Gasteiger partial charge is 0.0661 e. The molecule has 0 spiro atoms. The summed E-state index contributed by atoms with van der Waals surface area (Å²) in [5.74, 6) is 0. The van der Waals surface area contributed by atoms with Gasteiger partial charge in [-0.1, -0.05) is 6.07 Å². The van der Waals surface area contributed by atoms with Crippen LogP contribution < -0.4 is 0 Å². The summed E-state index contributed by atoms with van der Waals surface area (Å²) in [5.41, 5.74) is 2.39. The molecule has 0 unspecified atom stereocenters. The largest absolute Gasteiger partial charge is 0.261 e. The molecule has 0 saturated carbocycles. The monoisotopic (exact) mass is 116 g/mol. The molecule has 1 heteroatoms. The molecule has 0 aliphatic carbocycles. The Morgan fingerprint density at radius 2 is 2.56 bits per heavy atom. The van der Waals surface area contributed by atoms with Gasteiger partial charge in [0.2, 0.25) is 0 Å². The fraction of sp³-hybridized carbons (Fsp3) is 0.125. The lowest BCUT2D eigenvalue weighted by Crippen LogP contribution is -1.75. The Balaban J connectivity index is 2.63. The van der Waals surface area contributed by atoms with E-state index in [-0.39, 0.29) is 0 Å². The van der Waals surface area contributed by atoms with E-state index in [2.05, 4.69) is 11.1 Å². The van der Waals surface area contributed by atoms with Gasteiger partial charge in [-0.15, -0.1) is 0 Å². The molecule has 1 aliphatic heterocycles. The SMILES string of the molecule is [c]1ccc2c(c1)CC=N2. The second kappa shape index (κ2) is 1.69. The summed E-state index contributed by atoms with van der Waals surface area (Å²) in [7, 11) is 0. The first-order valence-corrected chi connectivity index (χ1v) is 2.98. The molecule has 2 rings (SSSR count). The first-order valence-electron chi connectivity index (χ1n) is 2.98. The zero-order valence-corrected chi connectivity index (χ0v) is 4.96. The molecule has 1 nitrogen and oxygen atoms in total. The molecule has 0 saturated heterocycles. The van der Waals surface area contributed by atoms with Crippen LogP contribution in [0.4, 0.5) is 5.69 Å². The molecular formula is C8H6N. The molecule has 0 amide bonds. The molecule has 1 heterocycles. The van der Waals surface area contributed by atoms with Crippen LogP contribution in [-0.4, -0.2) is 6.21 Å². The Morgan fingerprint density at radius 3 is 3.44 bits per heavy atom. The first kappa shape index (κ1) is 4.74. The molecule has 9 heavy (non-hydrogen) atoms. The average molecular weight is 116 g/mol. The minimum absolute atomic E-state index is 0.979. The minimum Gasteiger partial charge on any atom is -0.261 e. The molecular weight excluding hydrogens is 110 g/mol. The van der Waals surface area contributed by atoms with Crippen molar-refractivity contribution in [3.05, 3.63) is 29.8 Å². The predicted octanol–water partition coefficient (Wildman–Crippen LogP) is 1.75. The number of benzene rings is 1. The molecule has 0 bridgehead atoms. The van der Waals surface area contributed by atoms with E-state index in [1.54, 1.807) is 0 Å². The zero-order chi connectivity index (χ0) is 6.10. The summed E-state index contributed by atoms with van der Waals surface area (Å²) in [4.78, 5) is 4.15. The second-order valence-corrected chi connectivity index (χ2v) is 2.07. The number of hydrogen-bond donors (Lipinski definition) is 0. The number of hydrogen-bond acceptors (Lipinski definition) is 1. The molecule has 0 N–H and O–H groups in total. The van der Waals surface area contributed by atoms with E-state index < -0.39 is 0 Å². The highest BCUT2D eigenvalue weighted by Gasteiger charge is 2.02. The van der Waals surface area contributed by atoms with Gasteiger partial charge in [-0.3, -0.25) is 4.99 Å². The van der Waals surface area contributed by atoms with Gasteiger partial charge >= 0.3 is 0 Å². The third-order valence-electron chi connectivity index (χ3n) is 1.47. The third-order valence-corrected chi connectivity index (χ3v) is 1.47. The van der Waals surface area contributed by atoms with E-state index in [0.717, 1.165) is 12.1 Å². The standard InChI is InChI=1S/C8H6N/c1-2-4-8-7(3-1)5-6-9-8/h2-4,6H,5H2. The third kappa shape index (κ3) is 0.653. The van der Waals surface area contributed by atoms with Crippen molar-refractivity contribution < 1.29 is 0 Å². The Bertz CT molecular complexity index is 250. The fourth-order valence-electron chi connectivity index (χ4n) is 0.989. The summed E-state index contributed by atoms with van der Waals surface area (Å²) >= 11 is 0. The van der Waals surface area contributed by atoms with Crippen LogP contribution in [0.2, 0.25) is 0 Å². The van der Waals surface area contributed by atoms with E-state index in [9.17, 15) is 0 Å². The van der Waals surface area contributed by atoms with Gasteiger partial charge in [-0.2, -0.15) is 0 Å². The minimum atomic E-state index is 0.979. The van der Waals surface area contributed by atoms with Crippen molar-refractivity contribution in [2.45, 2.75) is 6.42 Å². The summed E-state index contributed by atoms with van der Waals surface area (Å²) in [6.07, 6.45) is 2.91. The molecule has 1 aliphatic rings. The predicted molar refractivity (Wildman–Crippen MR) is 37.1 cm³/mol. The van der Waals surface area contributed by atoms with Crippen molar-refractivity contribution in [3.8, 4) is 0 Å². The van der Waals surface area contributed by atoms with Gasteiger partial charge in [-0.05, 0) is 23.8 Å². The zero-order valence-electron chi connectivity index (χ0n) is 4.96. The van der Waals surface area contributed by atoms with E-state index in [0.29, 0.717) is 0 Å². The van der Waals surface area contributed by atoms with Gasteiger partial charge in [0, 0.05) is 12.6 Å². The lowest BCUT2D eigenvalue weighted by molar-refractivity contribution is 1.41. The maximum atomic E-state index is 4.15. The van der Waals surface area contributed by atoms with Crippen molar-refractivity contribution in [1.82, 2.24) is 0 Å². The van der Waals surface area contributed by atoms with E-state index >= 15 is 0 Å². The number of nitrogens with zero attached hydrogens (tertiary/aromatic N) is 1. The Labute approximate surface area is 54.1 Å². The lowest BCUT2D eigenvalue weighted by Gasteiger charge is -1.90. The number of rotatable bonds is 0. The van der Waals surface area contributed by atoms with Gasteiger partial charge < -0.3 is 0 Å². The van der Waals surface area contributed by atoms with Crippen LogP contribution >= 0.6 is 0 Å². The van der Waals surface area contributed by atoms with Crippen LogP contribution in [0.25, 0.3) is 0 Å². The molecule has 0 fully saturated rings. The number of fused-ring (bicyclic) bond motifs is 1. The highest BCUT2D eigenvalue weighted by atomic mass is 14.7. The van der Waals surface area contributed by atoms with Gasteiger partial charge in [0.1, 0.15) is 0 Å². The maximum absolute atomic E-state index is 4.15. The van der Waals surface area contributed by atoms with E-state index in [1.807, 2.05) is 24.4 Å². The van der Waals surface area contributed by atoms with Crippen molar-refractivity contribution in [2.75, 3.05) is 0 Å². The molecule has 1 radical (unpaired) electrons. The summed E-state index contributed by atoms with van der Waals surface area (Å²) in [5, 5.41) is 0. The van der Waals surface area contributed by atoms with Gasteiger partial charge in [0.25, 0.3) is 0 Å². The molecule has 1 aromatic rings. The summed E-state index contributed by atoms with van der Waals surface area (Å²) in [6, 6.07) is 8.88. The molecule has 0 atom stereocenters. The highest BCUT2D eigenvalue weighted by Crippen LogP contribution is 2.21. The Kier molecular flexibility index (Phi) is 0.890. The highest BCUT2D eigenvalue weighted by molar-refractivity contribution is 5.75. The number of aliphatic imine (C=N–C) groups is 1. The van der Waals surface area contributed by atoms with Crippen LogP contribution in [0.5, 0.6) is 0 Å². The van der Waals surface area contributed by atoms with Crippen molar-refractivity contribution in [3.63, 3.8) is 0 Å². The van der Waals surface area contributed by atoms with Gasteiger partial charge in [-0.25, -0.2) is 0 Å². The lowest BCUT2D eigenvalue weighted by atomic mass is 10.2. The fourth-order valence-corrected chi connectivity index (χ4v) is 0.989. The first-order chi connectivity index (χ1) is 4.47. The van der Waals surface area contributed by atoms with Gasteiger partial charge in [0.05, 0.1) is 5.69 Å². The summed E-state index contributed by atoms with van der Waals surface area (Å²) in [6.45, 7) is 0. The maximum Gasteiger partial charge on any atom is 0.0661 e. The Morgan fingerprint density at radius 1 is 1.56 bits per heavy atom. The normalized spacial score (nSPS) is 13.8. The molecule has 1 aromatic carbocycles. The van der Waals surface area contributed by atoms with E-state index in [1.165, 1.54) is 5.56 Å². The van der Waals surface area contributed by atoms with Crippen molar-refractivity contribution >= 4 is 11.9 Å². The van der Waals surface area contributed by atoms with Crippen LogP contribution in [0.15, 0.2) is 23.2 Å². The van der Waals surface area contributed by atoms with Crippen LogP contribution in [0, 0.1) is 6.07 Å². The average Bonchev–Trinajstić information content (AvgIpc) is 2.33. The quantitative estimate of drug-likeness (QED) is 0.489. The molecule has 43 valence electrons. The van der Waals surface area contributed by atoms with Gasteiger partial charge in [0.15, 0.2) is 0 Å². The van der Waals surface area contributed by atoms with Crippen LogP contribution in [-0.2, 0) is 6.42 Å². The Hall–Kier alpha value is -1.11. The van der Waals surface area contributed by atoms with Crippen molar-refractivity contribution in [2.24, 2.45) is 4.99 Å². The molecule has 0 aromatic heterocycles. The van der Waals surface area contributed by atoms with Crippen molar-refractivity contribution in [1.29, 1.82) is 0 Å².